The van der Waals surface area contributed by atoms with E-state index in [1.165, 1.54) is 0 Å². The highest BCUT2D eigenvalue weighted by Gasteiger charge is 2.11. The molecule has 0 bridgehead atoms. The Morgan fingerprint density at radius 2 is 1.80 bits per heavy atom. The van der Waals surface area contributed by atoms with Crippen molar-refractivity contribution in [2.45, 2.75) is 13.8 Å². The van der Waals surface area contributed by atoms with Crippen molar-refractivity contribution in [2.24, 2.45) is 5.10 Å². The number of hydrogen-bond donors (Lipinski definition) is 2. The molecule has 0 radical (unpaired) electrons. The average Bonchev–Trinajstić information content (AvgIpc) is 3.28. The summed E-state index contributed by atoms with van der Waals surface area (Å²) in [6.45, 7) is 4.42. The molecule has 0 unspecified atom stereocenters. The van der Waals surface area contributed by atoms with Gasteiger partial charge in [0, 0.05) is 5.56 Å². The van der Waals surface area contributed by atoms with Gasteiger partial charge in [-0.15, -0.1) is 0 Å². The number of amides is 1. The summed E-state index contributed by atoms with van der Waals surface area (Å²) in [7, 11) is 0. The molecule has 4 rings (SSSR count). The van der Waals surface area contributed by atoms with Gasteiger partial charge < -0.3 is 4.74 Å². The van der Waals surface area contributed by atoms with Crippen LogP contribution in [-0.2, 0) is 0 Å². The van der Waals surface area contributed by atoms with E-state index in [0.717, 1.165) is 33.4 Å². The molecule has 0 aliphatic carbocycles. The first-order valence-electron chi connectivity index (χ1n) is 9.76. The Morgan fingerprint density at radius 3 is 2.57 bits per heavy atom. The maximum Gasteiger partial charge on any atom is 0.289 e. The van der Waals surface area contributed by atoms with Crippen LogP contribution in [0, 0.1) is 0 Å². The summed E-state index contributed by atoms with van der Waals surface area (Å²) in [6, 6.07) is 23.5. The number of benzene rings is 3. The Balaban J connectivity index is 1.45. The van der Waals surface area contributed by atoms with E-state index in [0.29, 0.717) is 18.0 Å². The lowest BCUT2D eigenvalue weighted by Gasteiger charge is -2.04. The van der Waals surface area contributed by atoms with Gasteiger partial charge in [-0.2, -0.15) is 10.2 Å². The molecule has 6 heteroatoms. The minimum Gasteiger partial charge on any atom is -0.494 e. The number of carbonyl (C=O) groups is 1. The van der Waals surface area contributed by atoms with Crippen LogP contribution in [0.25, 0.3) is 22.0 Å². The van der Waals surface area contributed by atoms with Crippen molar-refractivity contribution >= 4 is 22.4 Å². The van der Waals surface area contributed by atoms with Gasteiger partial charge in [0.1, 0.15) is 11.4 Å². The third kappa shape index (κ3) is 4.22. The Kier molecular flexibility index (Phi) is 5.57. The first-order chi connectivity index (χ1) is 14.6. The number of nitrogens with zero attached hydrogens (tertiary/aromatic N) is 2. The van der Waals surface area contributed by atoms with Gasteiger partial charge in [0.05, 0.1) is 18.0 Å². The zero-order valence-electron chi connectivity index (χ0n) is 16.8. The van der Waals surface area contributed by atoms with Crippen LogP contribution in [0.5, 0.6) is 5.75 Å². The number of hydrazone groups is 1. The monoisotopic (exact) mass is 398 g/mol. The fraction of sp³-hybridized carbons (Fsp3) is 0.125. The van der Waals surface area contributed by atoms with Gasteiger partial charge in [-0.1, -0.05) is 36.4 Å². The minimum atomic E-state index is -0.347. The Hall–Kier alpha value is -3.93. The average molecular weight is 398 g/mol. The Labute approximate surface area is 174 Å². The van der Waals surface area contributed by atoms with Crippen molar-refractivity contribution in [3.05, 3.63) is 84.1 Å². The summed E-state index contributed by atoms with van der Waals surface area (Å²) < 4.78 is 5.45. The molecule has 0 saturated carbocycles. The highest BCUT2D eigenvalue weighted by atomic mass is 16.5. The van der Waals surface area contributed by atoms with Crippen molar-refractivity contribution in [1.82, 2.24) is 15.6 Å². The molecule has 0 aliphatic rings. The topological polar surface area (TPSA) is 79.4 Å². The molecule has 6 nitrogen and oxygen atoms in total. The van der Waals surface area contributed by atoms with E-state index < -0.39 is 0 Å². The molecule has 30 heavy (non-hydrogen) atoms. The largest absolute Gasteiger partial charge is 0.494 e. The van der Waals surface area contributed by atoms with E-state index in [1.54, 1.807) is 6.07 Å². The maximum atomic E-state index is 12.5. The van der Waals surface area contributed by atoms with E-state index in [-0.39, 0.29) is 5.91 Å². The predicted octanol–water partition coefficient (Wildman–Crippen LogP) is 4.78. The van der Waals surface area contributed by atoms with Crippen LogP contribution >= 0.6 is 0 Å². The third-order valence-corrected chi connectivity index (χ3v) is 4.78. The molecular weight excluding hydrogens is 376 g/mol. The summed E-state index contributed by atoms with van der Waals surface area (Å²) in [5, 5.41) is 13.5. The van der Waals surface area contributed by atoms with Crippen molar-refractivity contribution < 1.29 is 9.53 Å². The fourth-order valence-corrected chi connectivity index (χ4v) is 3.15. The smallest absolute Gasteiger partial charge is 0.289 e. The summed E-state index contributed by atoms with van der Waals surface area (Å²) in [5.74, 6) is 0.452. The molecule has 0 atom stereocenters. The van der Waals surface area contributed by atoms with E-state index in [1.807, 2.05) is 62.4 Å². The summed E-state index contributed by atoms with van der Waals surface area (Å²) in [5.41, 5.74) is 6.18. The fourth-order valence-electron chi connectivity index (χ4n) is 3.15. The first-order valence-corrected chi connectivity index (χ1v) is 9.76. The first kappa shape index (κ1) is 19.4. The SMILES string of the molecule is CCOc1ccc(-c2cc(C(=O)NN=C(C)c3ccc4ccccc4c3)[nH]n2)cc1. The van der Waals surface area contributed by atoms with Crippen LogP contribution < -0.4 is 10.2 Å². The molecule has 0 aliphatic heterocycles. The predicted molar refractivity (Wildman–Crippen MR) is 119 cm³/mol. The number of aromatic amines is 1. The van der Waals surface area contributed by atoms with Crippen LogP contribution in [-0.4, -0.2) is 28.4 Å². The van der Waals surface area contributed by atoms with E-state index in [9.17, 15) is 4.79 Å². The highest BCUT2D eigenvalue weighted by Crippen LogP contribution is 2.21. The lowest BCUT2D eigenvalue weighted by Crippen LogP contribution is -2.19. The maximum absolute atomic E-state index is 12.5. The summed E-state index contributed by atoms with van der Waals surface area (Å²) in [6.07, 6.45) is 0. The molecule has 1 amide bonds. The Bertz CT molecular complexity index is 1210. The third-order valence-electron chi connectivity index (χ3n) is 4.78. The second-order valence-corrected chi connectivity index (χ2v) is 6.82. The Morgan fingerprint density at radius 1 is 1.03 bits per heavy atom. The molecule has 1 aromatic heterocycles. The molecular formula is C24H22N4O2. The van der Waals surface area contributed by atoms with Crippen molar-refractivity contribution in [2.75, 3.05) is 6.61 Å². The standard InChI is InChI=1S/C24H22N4O2/c1-3-30-21-12-10-18(11-13-21)22-15-23(27-26-22)24(29)28-25-16(2)19-9-8-17-6-4-5-7-20(17)14-19/h4-15H,3H2,1-2H3,(H,26,27)(H,28,29). The van der Waals surface area contributed by atoms with Crippen LogP contribution in [0.2, 0.25) is 0 Å². The highest BCUT2D eigenvalue weighted by molar-refractivity contribution is 6.03. The van der Waals surface area contributed by atoms with E-state index in [4.69, 9.17) is 4.74 Å². The van der Waals surface area contributed by atoms with Crippen molar-refractivity contribution in [3.63, 3.8) is 0 Å². The van der Waals surface area contributed by atoms with Gasteiger partial charge >= 0.3 is 0 Å². The lowest BCUT2D eigenvalue weighted by atomic mass is 10.0. The number of nitrogens with one attached hydrogen (secondary N) is 2. The van der Waals surface area contributed by atoms with Gasteiger partial charge in [-0.25, -0.2) is 5.43 Å². The number of H-pyrrole nitrogens is 1. The number of aromatic nitrogens is 2. The summed E-state index contributed by atoms with van der Waals surface area (Å²) in [4.78, 5) is 12.5. The van der Waals surface area contributed by atoms with E-state index >= 15 is 0 Å². The molecule has 4 aromatic rings. The quantitative estimate of drug-likeness (QED) is 0.362. The number of fused-ring (bicyclic) bond motifs is 1. The van der Waals surface area contributed by atoms with E-state index in [2.05, 4.69) is 38.9 Å². The van der Waals surface area contributed by atoms with Crippen LogP contribution in [0.15, 0.2) is 77.9 Å². The lowest BCUT2D eigenvalue weighted by molar-refractivity contribution is 0.0950. The van der Waals surface area contributed by atoms with Gasteiger partial charge in [-0.3, -0.25) is 9.89 Å². The second kappa shape index (κ2) is 8.61. The number of carbonyl (C=O) groups excluding carboxylic acids is 1. The van der Waals surface area contributed by atoms with Gasteiger partial charge in [0.15, 0.2) is 0 Å². The van der Waals surface area contributed by atoms with Crippen LogP contribution in [0.4, 0.5) is 0 Å². The van der Waals surface area contributed by atoms with Crippen molar-refractivity contribution in [3.8, 4) is 17.0 Å². The molecule has 3 aromatic carbocycles. The second-order valence-electron chi connectivity index (χ2n) is 6.82. The zero-order chi connectivity index (χ0) is 20.9. The molecule has 2 N–H and O–H groups in total. The normalized spacial score (nSPS) is 11.5. The molecule has 1 heterocycles. The number of hydrogen-bond acceptors (Lipinski definition) is 4. The zero-order valence-corrected chi connectivity index (χ0v) is 16.8. The number of ether oxygens (including phenoxy) is 1. The minimum absolute atomic E-state index is 0.342. The molecule has 150 valence electrons. The number of rotatable bonds is 6. The van der Waals surface area contributed by atoms with Crippen molar-refractivity contribution in [1.29, 1.82) is 0 Å². The summed E-state index contributed by atoms with van der Waals surface area (Å²) >= 11 is 0. The molecule has 0 fully saturated rings. The van der Waals surface area contributed by atoms with Gasteiger partial charge in [0.25, 0.3) is 5.91 Å². The molecule has 0 saturated heterocycles. The van der Waals surface area contributed by atoms with Crippen LogP contribution in [0.1, 0.15) is 29.9 Å². The molecule has 0 spiro atoms. The van der Waals surface area contributed by atoms with Gasteiger partial charge in [-0.05, 0) is 66.6 Å². The van der Waals surface area contributed by atoms with Gasteiger partial charge in [0.2, 0.25) is 0 Å². The van der Waals surface area contributed by atoms with Crippen LogP contribution in [0.3, 0.4) is 0 Å².